The molecule has 116 valence electrons. The van der Waals surface area contributed by atoms with Crippen LogP contribution in [0, 0.1) is 0 Å². The van der Waals surface area contributed by atoms with Crippen LogP contribution in [0.15, 0.2) is 18.2 Å². The first-order valence-corrected chi connectivity index (χ1v) is 6.87. The molecule has 1 aliphatic heterocycles. The van der Waals surface area contributed by atoms with Crippen LogP contribution < -0.4 is 14.8 Å². The van der Waals surface area contributed by atoms with E-state index < -0.39 is 5.54 Å². The quantitative estimate of drug-likeness (QED) is 0.846. The first kappa shape index (κ1) is 15.6. The van der Waals surface area contributed by atoms with Gasteiger partial charge in [0.1, 0.15) is 0 Å². The molecule has 1 saturated heterocycles. The van der Waals surface area contributed by atoms with Gasteiger partial charge < -0.3 is 24.6 Å². The number of methoxy groups -OCH3 is 2. The Hall–Kier alpha value is -1.79. The van der Waals surface area contributed by atoms with Gasteiger partial charge in [0, 0.05) is 18.8 Å². The number of aliphatic hydroxyl groups excluding tert-OH is 1. The molecule has 0 aromatic heterocycles. The monoisotopic (exact) mass is 295 g/mol. The maximum atomic E-state index is 12.4. The number of ether oxygens (including phenoxy) is 3. The predicted molar refractivity (Wildman–Crippen MR) is 76.9 cm³/mol. The fourth-order valence-electron chi connectivity index (χ4n) is 2.38. The number of hydrogen-bond donors (Lipinski definition) is 2. The summed E-state index contributed by atoms with van der Waals surface area (Å²) in [5.41, 5.74) is -0.144. The second-order valence-electron chi connectivity index (χ2n) is 5.07. The molecule has 0 atom stereocenters. The number of carbonyl (C=O) groups excluding carboxylic acids is 1. The van der Waals surface area contributed by atoms with Crippen LogP contribution >= 0.6 is 0 Å². The minimum atomic E-state index is -0.609. The van der Waals surface area contributed by atoms with Gasteiger partial charge in [0.15, 0.2) is 11.5 Å². The van der Waals surface area contributed by atoms with E-state index in [1.807, 2.05) is 0 Å². The molecular formula is C15H21NO5. The SMILES string of the molecule is COc1ccc(C(=O)NC2(CO)CCOCC2)cc1OC. The lowest BCUT2D eigenvalue weighted by atomic mass is 9.90. The van der Waals surface area contributed by atoms with Crippen molar-refractivity contribution in [2.75, 3.05) is 34.0 Å². The molecule has 1 aromatic carbocycles. The summed E-state index contributed by atoms with van der Waals surface area (Å²) in [5, 5.41) is 12.5. The van der Waals surface area contributed by atoms with Crippen LogP contribution in [0.1, 0.15) is 23.2 Å². The Balaban J connectivity index is 2.15. The Morgan fingerprint density at radius 3 is 2.52 bits per heavy atom. The number of aliphatic hydroxyl groups is 1. The molecule has 0 unspecified atom stereocenters. The molecule has 1 fully saturated rings. The maximum Gasteiger partial charge on any atom is 0.251 e. The largest absolute Gasteiger partial charge is 0.493 e. The summed E-state index contributed by atoms with van der Waals surface area (Å²) in [4.78, 5) is 12.4. The number of amides is 1. The number of carbonyl (C=O) groups is 1. The van der Waals surface area contributed by atoms with E-state index in [-0.39, 0.29) is 12.5 Å². The highest BCUT2D eigenvalue weighted by atomic mass is 16.5. The van der Waals surface area contributed by atoms with Gasteiger partial charge >= 0.3 is 0 Å². The van der Waals surface area contributed by atoms with Crippen molar-refractivity contribution in [2.24, 2.45) is 0 Å². The van der Waals surface area contributed by atoms with Crippen molar-refractivity contribution < 1.29 is 24.1 Å². The van der Waals surface area contributed by atoms with Crippen molar-refractivity contribution in [3.05, 3.63) is 23.8 Å². The highest BCUT2D eigenvalue weighted by molar-refractivity contribution is 5.95. The molecule has 1 aromatic rings. The number of rotatable bonds is 5. The Labute approximate surface area is 124 Å². The van der Waals surface area contributed by atoms with Crippen molar-refractivity contribution in [2.45, 2.75) is 18.4 Å². The highest BCUT2D eigenvalue weighted by Crippen LogP contribution is 2.28. The Morgan fingerprint density at radius 1 is 1.29 bits per heavy atom. The third kappa shape index (κ3) is 3.46. The van der Waals surface area contributed by atoms with Crippen molar-refractivity contribution in [1.82, 2.24) is 5.32 Å². The summed E-state index contributed by atoms with van der Waals surface area (Å²) < 4.78 is 15.6. The number of benzene rings is 1. The van der Waals surface area contributed by atoms with E-state index in [4.69, 9.17) is 14.2 Å². The van der Waals surface area contributed by atoms with Crippen molar-refractivity contribution >= 4 is 5.91 Å². The van der Waals surface area contributed by atoms with Crippen LogP contribution in [0.4, 0.5) is 0 Å². The van der Waals surface area contributed by atoms with Gasteiger partial charge in [0.25, 0.3) is 5.91 Å². The molecule has 1 amide bonds. The molecule has 6 heteroatoms. The lowest BCUT2D eigenvalue weighted by Crippen LogP contribution is -2.54. The average molecular weight is 295 g/mol. The lowest BCUT2D eigenvalue weighted by molar-refractivity contribution is 0.0125. The lowest BCUT2D eigenvalue weighted by Gasteiger charge is -2.36. The van der Waals surface area contributed by atoms with Crippen molar-refractivity contribution in [3.8, 4) is 11.5 Å². The van der Waals surface area contributed by atoms with Crippen molar-refractivity contribution in [1.29, 1.82) is 0 Å². The van der Waals surface area contributed by atoms with Gasteiger partial charge in [-0.1, -0.05) is 0 Å². The van der Waals surface area contributed by atoms with Crippen molar-refractivity contribution in [3.63, 3.8) is 0 Å². The third-order valence-electron chi connectivity index (χ3n) is 3.78. The van der Waals surface area contributed by atoms with Gasteiger partial charge in [0.2, 0.25) is 0 Å². The molecule has 2 rings (SSSR count). The van der Waals surface area contributed by atoms with E-state index in [1.165, 1.54) is 7.11 Å². The molecule has 0 bridgehead atoms. The van der Waals surface area contributed by atoms with E-state index >= 15 is 0 Å². The van der Waals surface area contributed by atoms with E-state index in [0.717, 1.165) is 0 Å². The topological polar surface area (TPSA) is 77.0 Å². The minimum absolute atomic E-state index is 0.102. The Kier molecular flexibility index (Phi) is 5.03. The molecule has 21 heavy (non-hydrogen) atoms. The van der Waals surface area contributed by atoms with Crippen LogP contribution in [0.25, 0.3) is 0 Å². The normalized spacial score (nSPS) is 17.1. The molecule has 6 nitrogen and oxygen atoms in total. The maximum absolute atomic E-state index is 12.4. The summed E-state index contributed by atoms with van der Waals surface area (Å²) in [6, 6.07) is 4.98. The van der Waals surface area contributed by atoms with E-state index in [1.54, 1.807) is 25.3 Å². The summed E-state index contributed by atoms with van der Waals surface area (Å²) in [5.74, 6) is 0.819. The molecule has 0 radical (unpaired) electrons. The summed E-state index contributed by atoms with van der Waals surface area (Å²) in [6.45, 7) is 0.967. The van der Waals surface area contributed by atoms with Gasteiger partial charge in [-0.05, 0) is 31.0 Å². The minimum Gasteiger partial charge on any atom is -0.493 e. The van der Waals surface area contributed by atoms with Gasteiger partial charge in [-0.3, -0.25) is 4.79 Å². The zero-order valence-electron chi connectivity index (χ0n) is 12.3. The van der Waals surface area contributed by atoms with E-state index in [9.17, 15) is 9.90 Å². The predicted octanol–water partition coefficient (Wildman–Crippen LogP) is 0.975. The fraction of sp³-hybridized carbons (Fsp3) is 0.533. The van der Waals surface area contributed by atoms with Gasteiger partial charge in [-0.25, -0.2) is 0 Å². The van der Waals surface area contributed by atoms with Gasteiger partial charge in [-0.2, -0.15) is 0 Å². The zero-order valence-corrected chi connectivity index (χ0v) is 12.3. The molecule has 0 aliphatic carbocycles. The second-order valence-corrected chi connectivity index (χ2v) is 5.07. The summed E-state index contributed by atoms with van der Waals surface area (Å²) >= 11 is 0. The van der Waals surface area contributed by atoms with Crippen LogP contribution in [0.3, 0.4) is 0 Å². The van der Waals surface area contributed by atoms with Crippen LogP contribution in [0.5, 0.6) is 11.5 Å². The van der Waals surface area contributed by atoms with E-state index in [2.05, 4.69) is 5.32 Å². The molecular weight excluding hydrogens is 274 g/mol. The Bertz CT molecular complexity index is 497. The first-order chi connectivity index (χ1) is 10.1. The third-order valence-corrected chi connectivity index (χ3v) is 3.78. The molecule has 0 saturated carbocycles. The molecule has 2 N–H and O–H groups in total. The molecule has 0 spiro atoms. The standard InChI is InChI=1S/C15H21NO5/c1-19-12-4-3-11(9-13(12)20-2)14(18)16-15(10-17)5-7-21-8-6-15/h3-4,9,17H,5-8,10H2,1-2H3,(H,16,18). The fourth-order valence-corrected chi connectivity index (χ4v) is 2.38. The average Bonchev–Trinajstić information content (AvgIpc) is 2.54. The van der Waals surface area contributed by atoms with E-state index in [0.29, 0.717) is 43.1 Å². The first-order valence-electron chi connectivity index (χ1n) is 6.87. The highest BCUT2D eigenvalue weighted by Gasteiger charge is 2.33. The summed E-state index contributed by atoms with van der Waals surface area (Å²) in [7, 11) is 3.06. The van der Waals surface area contributed by atoms with Gasteiger partial charge in [0.05, 0.1) is 26.4 Å². The number of hydrogen-bond acceptors (Lipinski definition) is 5. The molecule has 1 aliphatic rings. The Morgan fingerprint density at radius 2 is 1.95 bits per heavy atom. The van der Waals surface area contributed by atoms with Crippen LogP contribution in [-0.4, -0.2) is 50.6 Å². The zero-order chi connectivity index (χ0) is 15.3. The second kappa shape index (κ2) is 6.78. The van der Waals surface area contributed by atoms with Gasteiger partial charge in [-0.15, -0.1) is 0 Å². The molecule has 1 heterocycles. The summed E-state index contributed by atoms with van der Waals surface area (Å²) in [6.07, 6.45) is 1.20. The number of nitrogens with one attached hydrogen (secondary N) is 1. The van der Waals surface area contributed by atoms with Crippen LogP contribution in [0.2, 0.25) is 0 Å². The van der Waals surface area contributed by atoms with Crippen LogP contribution in [-0.2, 0) is 4.74 Å². The smallest absolute Gasteiger partial charge is 0.251 e.